The highest BCUT2D eigenvalue weighted by Gasteiger charge is 2.21. The van der Waals surface area contributed by atoms with Crippen LogP contribution in [0.15, 0.2) is 72.4 Å². The van der Waals surface area contributed by atoms with Crippen LogP contribution in [0, 0.1) is 10.1 Å². The second kappa shape index (κ2) is 9.23. The summed E-state index contributed by atoms with van der Waals surface area (Å²) in [5.74, 6) is -0.242. The molecule has 4 aromatic rings. The van der Waals surface area contributed by atoms with Crippen LogP contribution in [0.5, 0.6) is 5.75 Å². The average Bonchev–Trinajstić information content (AvgIpc) is 3.29. The number of rotatable bonds is 7. The van der Waals surface area contributed by atoms with Gasteiger partial charge < -0.3 is 15.4 Å². The monoisotopic (exact) mass is 447 g/mol. The Balaban J connectivity index is 1.45. The van der Waals surface area contributed by atoms with Gasteiger partial charge in [0.25, 0.3) is 11.6 Å². The first-order chi connectivity index (χ1) is 15.5. The van der Waals surface area contributed by atoms with E-state index in [0.717, 1.165) is 22.1 Å². The minimum atomic E-state index is -0.602. The summed E-state index contributed by atoms with van der Waals surface area (Å²) in [6.07, 6.45) is 3.43. The van der Waals surface area contributed by atoms with Gasteiger partial charge >= 0.3 is 0 Å². The van der Waals surface area contributed by atoms with E-state index < -0.39 is 10.8 Å². The Morgan fingerprint density at radius 2 is 1.78 bits per heavy atom. The molecule has 32 heavy (non-hydrogen) atoms. The van der Waals surface area contributed by atoms with Crippen molar-refractivity contribution in [2.75, 3.05) is 17.7 Å². The summed E-state index contributed by atoms with van der Waals surface area (Å²) in [5.41, 5.74) is 2.73. The highest BCUT2D eigenvalue weighted by atomic mass is 32.1. The van der Waals surface area contributed by atoms with Crippen molar-refractivity contribution in [3.05, 3.63) is 88.0 Å². The maximum absolute atomic E-state index is 12.6. The van der Waals surface area contributed by atoms with Gasteiger partial charge in [0.05, 0.1) is 17.7 Å². The molecular weight excluding hydrogens is 430 g/mol. The van der Waals surface area contributed by atoms with Crippen molar-refractivity contribution in [1.29, 1.82) is 0 Å². The standard InChI is InChI=1S/C22H17N5O4S/c1-31-17-6-7-20(27(29)30)18(12-17)21(28)24-15-2-4-16(5-3-15)25-22-26-19(13-32-22)14-8-10-23-11-9-14/h2-13H,1H3,(H,24,28)(H,25,26). The molecule has 0 radical (unpaired) electrons. The molecule has 0 aliphatic rings. The number of carbonyl (C=O) groups excluding carboxylic acids is 1. The number of methoxy groups -OCH3 is 1. The van der Waals surface area contributed by atoms with Crippen LogP contribution in [0.1, 0.15) is 10.4 Å². The van der Waals surface area contributed by atoms with E-state index >= 15 is 0 Å². The number of pyridine rings is 1. The summed E-state index contributed by atoms with van der Waals surface area (Å²) in [6, 6.07) is 14.8. The molecule has 10 heteroatoms. The van der Waals surface area contributed by atoms with E-state index in [2.05, 4.69) is 20.6 Å². The van der Waals surface area contributed by atoms with Crippen LogP contribution in [0.4, 0.5) is 22.2 Å². The molecule has 2 aromatic heterocycles. The first kappa shape index (κ1) is 20.9. The average molecular weight is 447 g/mol. The zero-order valence-electron chi connectivity index (χ0n) is 16.8. The maximum Gasteiger partial charge on any atom is 0.282 e. The number of thiazole rings is 1. The van der Waals surface area contributed by atoms with Crippen LogP contribution in [0.3, 0.4) is 0 Å². The van der Waals surface area contributed by atoms with Gasteiger partial charge in [0.15, 0.2) is 5.13 Å². The van der Waals surface area contributed by atoms with E-state index in [-0.39, 0.29) is 11.3 Å². The Morgan fingerprint density at radius 3 is 2.47 bits per heavy atom. The Labute approximate surface area is 186 Å². The van der Waals surface area contributed by atoms with Crippen molar-refractivity contribution in [2.24, 2.45) is 0 Å². The fourth-order valence-electron chi connectivity index (χ4n) is 2.93. The minimum Gasteiger partial charge on any atom is -0.497 e. The van der Waals surface area contributed by atoms with Gasteiger partial charge in [-0.15, -0.1) is 11.3 Å². The SMILES string of the molecule is COc1ccc([N+](=O)[O-])c(C(=O)Nc2ccc(Nc3nc(-c4ccncc4)cs3)cc2)c1. The molecule has 2 N–H and O–H groups in total. The molecule has 0 unspecified atom stereocenters. The van der Waals surface area contributed by atoms with Crippen LogP contribution < -0.4 is 15.4 Å². The molecule has 9 nitrogen and oxygen atoms in total. The maximum atomic E-state index is 12.6. The molecule has 0 aliphatic carbocycles. The Bertz CT molecular complexity index is 1260. The van der Waals surface area contributed by atoms with Crippen LogP contribution in [0.2, 0.25) is 0 Å². The van der Waals surface area contributed by atoms with E-state index in [4.69, 9.17) is 4.74 Å². The van der Waals surface area contributed by atoms with E-state index in [9.17, 15) is 14.9 Å². The quantitative estimate of drug-likeness (QED) is 0.298. The van der Waals surface area contributed by atoms with Gasteiger partial charge in [-0.3, -0.25) is 19.9 Å². The summed E-state index contributed by atoms with van der Waals surface area (Å²) in [4.78, 5) is 31.8. The largest absolute Gasteiger partial charge is 0.497 e. The first-order valence-electron chi connectivity index (χ1n) is 9.40. The molecule has 0 saturated carbocycles. The lowest BCUT2D eigenvalue weighted by Gasteiger charge is -2.09. The topological polar surface area (TPSA) is 119 Å². The summed E-state index contributed by atoms with van der Waals surface area (Å²) >= 11 is 1.47. The number of nitrogens with zero attached hydrogens (tertiary/aromatic N) is 3. The van der Waals surface area contributed by atoms with Crippen molar-refractivity contribution < 1.29 is 14.5 Å². The van der Waals surface area contributed by atoms with Crippen molar-refractivity contribution in [3.63, 3.8) is 0 Å². The van der Waals surface area contributed by atoms with Gasteiger partial charge in [0.2, 0.25) is 0 Å². The molecule has 0 atom stereocenters. The number of anilines is 3. The molecule has 160 valence electrons. The summed E-state index contributed by atoms with van der Waals surface area (Å²) in [5, 5.41) is 19.8. The third-order valence-corrected chi connectivity index (χ3v) is 5.28. The lowest BCUT2D eigenvalue weighted by molar-refractivity contribution is -0.385. The van der Waals surface area contributed by atoms with Gasteiger partial charge in [-0.05, 0) is 48.5 Å². The zero-order chi connectivity index (χ0) is 22.5. The van der Waals surface area contributed by atoms with Crippen molar-refractivity contribution in [2.45, 2.75) is 0 Å². The van der Waals surface area contributed by atoms with E-state index in [0.29, 0.717) is 11.4 Å². The number of nitro benzene ring substituents is 1. The molecule has 4 rings (SSSR count). The van der Waals surface area contributed by atoms with Crippen molar-refractivity contribution in [1.82, 2.24) is 9.97 Å². The number of carbonyl (C=O) groups is 1. The Kier molecular flexibility index (Phi) is 6.04. The number of hydrogen-bond acceptors (Lipinski definition) is 8. The molecule has 2 aromatic carbocycles. The molecule has 1 amide bonds. The van der Waals surface area contributed by atoms with Gasteiger partial charge in [0.1, 0.15) is 11.3 Å². The van der Waals surface area contributed by atoms with E-state index in [1.54, 1.807) is 36.7 Å². The molecule has 2 heterocycles. The van der Waals surface area contributed by atoms with E-state index in [1.807, 2.05) is 17.5 Å². The van der Waals surface area contributed by atoms with Crippen LogP contribution in [0.25, 0.3) is 11.3 Å². The lowest BCUT2D eigenvalue weighted by Crippen LogP contribution is -2.14. The Hall–Kier alpha value is -4.31. The van der Waals surface area contributed by atoms with Crippen LogP contribution in [-0.4, -0.2) is 27.9 Å². The van der Waals surface area contributed by atoms with Gasteiger partial charge in [-0.2, -0.15) is 0 Å². The van der Waals surface area contributed by atoms with Crippen LogP contribution in [-0.2, 0) is 0 Å². The van der Waals surface area contributed by atoms with Gasteiger partial charge in [-0.1, -0.05) is 0 Å². The van der Waals surface area contributed by atoms with Crippen molar-refractivity contribution >= 4 is 39.4 Å². The molecule has 0 aliphatic heterocycles. The van der Waals surface area contributed by atoms with E-state index in [1.165, 1.54) is 36.6 Å². The fourth-order valence-corrected chi connectivity index (χ4v) is 3.67. The molecule has 0 saturated heterocycles. The van der Waals surface area contributed by atoms with Crippen LogP contribution >= 0.6 is 11.3 Å². The highest BCUT2D eigenvalue weighted by molar-refractivity contribution is 7.14. The second-order valence-corrected chi connectivity index (χ2v) is 7.43. The summed E-state index contributed by atoms with van der Waals surface area (Å²) in [6.45, 7) is 0. The number of nitrogens with one attached hydrogen (secondary N) is 2. The number of nitro groups is 1. The predicted molar refractivity (Wildman–Crippen MR) is 123 cm³/mol. The molecule has 0 spiro atoms. The summed E-state index contributed by atoms with van der Waals surface area (Å²) < 4.78 is 5.07. The Morgan fingerprint density at radius 1 is 1.06 bits per heavy atom. The highest BCUT2D eigenvalue weighted by Crippen LogP contribution is 2.28. The number of benzene rings is 2. The lowest BCUT2D eigenvalue weighted by atomic mass is 10.1. The van der Waals surface area contributed by atoms with Gasteiger partial charge in [0, 0.05) is 40.8 Å². The molecule has 0 bridgehead atoms. The predicted octanol–water partition coefficient (Wildman–Crippen LogP) is 5.12. The fraction of sp³-hybridized carbons (Fsp3) is 0.0455. The third kappa shape index (κ3) is 4.71. The molecular formula is C22H17N5O4S. The number of aromatic nitrogens is 2. The number of amides is 1. The minimum absolute atomic E-state index is 0.0806. The van der Waals surface area contributed by atoms with Gasteiger partial charge in [-0.25, -0.2) is 4.98 Å². The zero-order valence-corrected chi connectivity index (χ0v) is 17.6. The molecule has 0 fully saturated rings. The smallest absolute Gasteiger partial charge is 0.282 e. The second-order valence-electron chi connectivity index (χ2n) is 6.57. The third-order valence-electron chi connectivity index (χ3n) is 4.52. The summed E-state index contributed by atoms with van der Waals surface area (Å²) in [7, 11) is 1.43. The first-order valence-corrected chi connectivity index (χ1v) is 10.3. The van der Waals surface area contributed by atoms with Crippen molar-refractivity contribution in [3.8, 4) is 17.0 Å². The number of ether oxygens (including phenoxy) is 1. The normalized spacial score (nSPS) is 10.4. The number of hydrogen-bond donors (Lipinski definition) is 2.